The SMILES string of the molecule is O=Cc1c(C2CC2)nnn1-c1cccc(F)c1. The van der Waals surface area contributed by atoms with E-state index in [2.05, 4.69) is 10.3 Å². The second-order valence-corrected chi connectivity index (χ2v) is 4.14. The van der Waals surface area contributed by atoms with E-state index in [1.165, 1.54) is 16.8 Å². The van der Waals surface area contributed by atoms with Gasteiger partial charge in [-0.3, -0.25) is 4.79 Å². The Morgan fingerprint density at radius 2 is 2.24 bits per heavy atom. The first-order valence-electron chi connectivity index (χ1n) is 5.46. The van der Waals surface area contributed by atoms with Gasteiger partial charge in [0.25, 0.3) is 0 Å². The maximum atomic E-state index is 13.1. The summed E-state index contributed by atoms with van der Waals surface area (Å²) in [7, 11) is 0. The van der Waals surface area contributed by atoms with E-state index >= 15 is 0 Å². The van der Waals surface area contributed by atoms with Crippen LogP contribution in [-0.4, -0.2) is 21.3 Å². The van der Waals surface area contributed by atoms with E-state index in [1.807, 2.05) is 0 Å². The Balaban J connectivity index is 2.11. The Morgan fingerprint density at radius 3 is 2.88 bits per heavy atom. The largest absolute Gasteiger partial charge is 0.296 e. The molecule has 3 rings (SSSR count). The molecule has 1 fully saturated rings. The predicted octanol–water partition coefficient (Wildman–Crippen LogP) is 2.10. The fraction of sp³-hybridized carbons (Fsp3) is 0.250. The van der Waals surface area contributed by atoms with Gasteiger partial charge < -0.3 is 0 Å². The average Bonchev–Trinajstić information content (AvgIpc) is 3.08. The van der Waals surface area contributed by atoms with Crippen LogP contribution in [0.25, 0.3) is 5.69 Å². The second-order valence-electron chi connectivity index (χ2n) is 4.14. The van der Waals surface area contributed by atoms with E-state index in [0.717, 1.165) is 24.8 Å². The summed E-state index contributed by atoms with van der Waals surface area (Å²) in [4.78, 5) is 11.1. The van der Waals surface area contributed by atoms with Gasteiger partial charge in [0.2, 0.25) is 0 Å². The monoisotopic (exact) mass is 231 g/mol. The number of rotatable bonds is 3. The van der Waals surface area contributed by atoms with Crippen molar-refractivity contribution in [3.05, 3.63) is 41.5 Å². The molecular weight excluding hydrogens is 221 g/mol. The van der Waals surface area contributed by atoms with Crippen LogP contribution in [0, 0.1) is 5.82 Å². The van der Waals surface area contributed by atoms with Gasteiger partial charge in [-0.15, -0.1) is 5.10 Å². The van der Waals surface area contributed by atoms with Crippen LogP contribution in [0.5, 0.6) is 0 Å². The summed E-state index contributed by atoms with van der Waals surface area (Å²) in [6.45, 7) is 0. The second kappa shape index (κ2) is 3.76. The van der Waals surface area contributed by atoms with Crippen LogP contribution in [-0.2, 0) is 0 Å². The Morgan fingerprint density at radius 1 is 1.41 bits per heavy atom. The molecule has 5 heteroatoms. The fourth-order valence-electron chi connectivity index (χ4n) is 1.86. The van der Waals surface area contributed by atoms with Crippen molar-refractivity contribution in [2.75, 3.05) is 0 Å². The van der Waals surface area contributed by atoms with E-state index < -0.39 is 0 Å². The summed E-state index contributed by atoms with van der Waals surface area (Å²) in [5.74, 6) is -0.0136. The van der Waals surface area contributed by atoms with Crippen molar-refractivity contribution in [3.8, 4) is 5.69 Å². The van der Waals surface area contributed by atoms with Gasteiger partial charge in [-0.25, -0.2) is 9.07 Å². The van der Waals surface area contributed by atoms with Crippen LogP contribution in [0.3, 0.4) is 0 Å². The number of carbonyl (C=O) groups excluding carboxylic acids is 1. The number of aldehydes is 1. The zero-order chi connectivity index (χ0) is 11.8. The Labute approximate surface area is 97.1 Å². The van der Waals surface area contributed by atoms with Crippen molar-refractivity contribution in [2.24, 2.45) is 0 Å². The number of hydrogen-bond donors (Lipinski definition) is 0. The molecule has 0 unspecified atom stereocenters. The van der Waals surface area contributed by atoms with E-state index in [1.54, 1.807) is 12.1 Å². The van der Waals surface area contributed by atoms with Crippen molar-refractivity contribution >= 4 is 6.29 Å². The molecule has 0 saturated heterocycles. The van der Waals surface area contributed by atoms with Crippen LogP contribution >= 0.6 is 0 Å². The number of aromatic nitrogens is 3. The van der Waals surface area contributed by atoms with Crippen molar-refractivity contribution in [1.29, 1.82) is 0 Å². The summed E-state index contributed by atoms with van der Waals surface area (Å²) >= 11 is 0. The number of hydrogen-bond acceptors (Lipinski definition) is 3. The molecule has 1 aliphatic carbocycles. The number of benzene rings is 1. The van der Waals surface area contributed by atoms with Crippen LogP contribution in [0.1, 0.15) is 34.9 Å². The molecule has 0 atom stereocenters. The highest BCUT2D eigenvalue weighted by Gasteiger charge is 2.30. The molecule has 0 aliphatic heterocycles. The average molecular weight is 231 g/mol. The highest BCUT2D eigenvalue weighted by Crippen LogP contribution is 2.40. The minimum Gasteiger partial charge on any atom is -0.296 e. The number of nitrogens with zero attached hydrogens (tertiary/aromatic N) is 3. The van der Waals surface area contributed by atoms with Gasteiger partial charge in [-0.05, 0) is 31.0 Å². The fourth-order valence-corrected chi connectivity index (χ4v) is 1.86. The van der Waals surface area contributed by atoms with Gasteiger partial charge in [0.05, 0.1) is 11.4 Å². The first-order valence-corrected chi connectivity index (χ1v) is 5.46. The molecule has 0 bridgehead atoms. The molecule has 17 heavy (non-hydrogen) atoms. The topological polar surface area (TPSA) is 47.8 Å². The van der Waals surface area contributed by atoms with Crippen LogP contribution in [0.15, 0.2) is 24.3 Å². The third kappa shape index (κ3) is 1.73. The third-order valence-corrected chi connectivity index (χ3v) is 2.86. The zero-order valence-electron chi connectivity index (χ0n) is 9.01. The Hall–Kier alpha value is -2.04. The Bertz CT molecular complexity index is 575. The lowest BCUT2D eigenvalue weighted by atomic mass is 10.2. The lowest BCUT2D eigenvalue weighted by Crippen LogP contribution is -2.02. The van der Waals surface area contributed by atoms with Gasteiger partial charge in [-0.2, -0.15) is 0 Å². The van der Waals surface area contributed by atoms with Crippen LogP contribution in [0.4, 0.5) is 4.39 Å². The molecule has 1 aliphatic rings. The molecule has 1 heterocycles. The normalized spacial score (nSPS) is 14.9. The summed E-state index contributed by atoms with van der Waals surface area (Å²) < 4.78 is 14.5. The summed E-state index contributed by atoms with van der Waals surface area (Å²) in [6, 6.07) is 5.96. The van der Waals surface area contributed by atoms with E-state index in [0.29, 0.717) is 17.3 Å². The third-order valence-electron chi connectivity index (χ3n) is 2.86. The molecule has 0 spiro atoms. The lowest BCUT2D eigenvalue weighted by Gasteiger charge is -2.02. The molecule has 2 aromatic rings. The minimum atomic E-state index is -0.358. The molecule has 4 nitrogen and oxygen atoms in total. The standard InChI is InChI=1S/C12H10FN3O/c13-9-2-1-3-10(6-9)16-11(7-17)12(14-15-16)8-4-5-8/h1-3,6-8H,4-5H2. The molecule has 1 aromatic heterocycles. The van der Waals surface area contributed by atoms with Gasteiger partial charge in [0.1, 0.15) is 11.5 Å². The van der Waals surface area contributed by atoms with Gasteiger partial charge in [-0.1, -0.05) is 11.3 Å². The van der Waals surface area contributed by atoms with E-state index in [-0.39, 0.29) is 5.82 Å². The van der Waals surface area contributed by atoms with Gasteiger partial charge >= 0.3 is 0 Å². The highest BCUT2D eigenvalue weighted by molar-refractivity contribution is 5.75. The first-order chi connectivity index (χ1) is 8.29. The quantitative estimate of drug-likeness (QED) is 0.760. The lowest BCUT2D eigenvalue weighted by molar-refractivity contribution is 0.111. The van der Waals surface area contributed by atoms with Gasteiger partial charge in [0, 0.05) is 5.92 Å². The minimum absolute atomic E-state index is 0.345. The molecule has 0 N–H and O–H groups in total. The molecule has 86 valence electrons. The highest BCUT2D eigenvalue weighted by atomic mass is 19.1. The number of carbonyl (C=O) groups is 1. The molecule has 1 aromatic carbocycles. The number of halogens is 1. The first kappa shape index (κ1) is 10.1. The van der Waals surface area contributed by atoms with E-state index in [4.69, 9.17) is 0 Å². The van der Waals surface area contributed by atoms with Crippen molar-refractivity contribution < 1.29 is 9.18 Å². The van der Waals surface area contributed by atoms with Crippen LogP contribution in [0.2, 0.25) is 0 Å². The molecule has 0 radical (unpaired) electrons. The van der Waals surface area contributed by atoms with Crippen molar-refractivity contribution in [2.45, 2.75) is 18.8 Å². The summed E-state index contributed by atoms with van der Waals surface area (Å²) in [5.41, 5.74) is 1.67. The van der Waals surface area contributed by atoms with Crippen molar-refractivity contribution in [1.82, 2.24) is 15.0 Å². The van der Waals surface area contributed by atoms with Gasteiger partial charge in [0.15, 0.2) is 6.29 Å². The smallest absolute Gasteiger partial charge is 0.170 e. The summed E-state index contributed by atoms with van der Waals surface area (Å²) in [5, 5.41) is 7.94. The molecule has 0 amide bonds. The maximum absolute atomic E-state index is 13.1. The predicted molar refractivity (Wildman–Crippen MR) is 58.7 cm³/mol. The molecule has 1 saturated carbocycles. The van der Waals surface area contributed by atoms with Crippen molar-refractivity contribution in [3.63, 3.8) is 0 Å². The van der Waals surface area contributed by atoms with Crippen LogP contribution < -0.4 is 0 Å². The summed E-state index contributed by atoms with van der Waals surface area (Å²) in [6.07, 6.45) is 2.82. The molecular formula is C12H10FN3O. The van der Waals surface area contributed by atoms with E-state index in [9.17, 15) is 9.18 Å². The maximum Gasteiger partial charge on any atom is 0.170 e. The zero-order valence-corrected chi connectivity index (χ0v) is 9.01. The Kier molecular flexibility index (Phi) is 2.24.